The summed E-state index contributed by atoms with van der Waals surface area (Å²) < 4.78 is 41.2. The van der Waals surface area contributed by atoms with Crippen LogP contribution in [0, 0.1) is 5.92 Å². The molecule has 2 heterocycles. The number of carbonyl (C=O) groups excluding carboxylic acids is 2. The first kappa shape index (κ1) is 21.5. The third kappa shape index (κ3) is 5.22. The number of allylic oxidation sites excluding steroid dienone is 2. The van der Waals surface area contributed by atoms with Crippen molar-refractivity contribution >= 4 is 17.6 Å². The van der Waals surface area contributed by atoms with Gasteiger partial charge in [-0.05, 0) is 31.9 Å². The molecule has 0 radical (unpaired) electrons. The summed E-state index contributed by atoms with van der Waals surface area (Å²) in [4.78, 5) is 30.3. The zero-order valence-electron chi connectivity index (χ0n) is 16.3. The summed E-state index contributed by atoms with van der Waals surface area (Å²) in [5.41, 5.74) is 12.9. The molecule has 1 aromatic rings. The van der Waals surface area contributed by atoms with Crippen molar-refractivity contribution in [3.05, 3.63) is 46.6 Å². The molecule has 0 atom stereocenters. The molecule has 1 aliphatic carbocycles. The van der Waals surface area contributed by atoms with Crippen LogP contribution in [0.1, 0.15) is 35.7 Å². The van der Waals surface area contributed by atoms with E-state index in [1.807, 2.05) is 0 Å². The van der Waals surface area contributed by atoms with Crippen LogP contribution in [0.2, 0.25) is 0 Å². The molecule has 2 aliphatic rings. The van der Waals surface area contributed by atoms with Crippen LogP contribution in [0.3, 0.4) is 0 Å². The molecule has 30 heavy (non-hydrogen) atoms. The van der Waals surface area contributed by atoms with Gasteiger partial charge in [0.05, 0.1) is 13.1 Å². The van der Waals surface area contributed by atoms with E-state index in [2.05, 4.69) is 15.0 Å². The fourth-order valence-corrected chi connectivity index (χ4v) is 2.97. The molecule has 2 amide bonds. The predicted molar refractivity (Wildman–Crippen MR) is 101 cm³/mol. The Morgan fingerprint density at radius 2 is 2.10 bits per heavy atom. The molecule has 1 aromatic heterocycles. The van der Waals surface area contributed by atoms with Gasteiger partial charge >= 0.3 is 6.18 Å². The van der Waals surface area contributed by atoms with Crippen molar-refractivity contribution < 1.29 is 27.5 Å². The van der Waals surface area contributed by atoms with Crippen molar-refractivity contribution in [2.45, 2.75) is 32.5 Å². The van der Waals surface area contributed by atoms with Gasteiger partial charge in [0.25, 0.3) is 5.91 Å². The minimum Gasteiger partial charge on any atom is -0.470 e. The molecule has 8 nitrogen and oxygen atoms in total. The fourth-order valence-electron chi connectivity index (χ4n) is 2.97. The van der Waals surface area contributed by atoms with Crippen molar-refractivity contribution in [1.29, 1.82) is 0 Å². The summed E-state index contributed by atoms with van der Waals surface area (Å²) in [5, 5.41) is 2.76. The summed E-state index contributed by atoms with van der Waals surface area (Å²) in [6.07, 6.45) is -0.00997. The second-order valence-electron chi connectivity index (χ2n) is 7.28. The maximum absolute atomic E-state index is 12.7. The number of halogens is 3. The Hall–Kier alpha value is -3.24. The number of alkyl halides is 3. The van der Waals surface area contributed by atoms with E-state index in [4.69, 9.17) is 11.5 Å². The molecule has 0 spiro atoms. The lowest BCUT2D eigenvalue weighted by Gasteiger charge is -2.16. The second kappa shape index (κ2) is 8.25. The topological polar surface area (TPSA) is 124 Å². The first-order valence-corrected chi connectivity index (χ1v) is 9.25. The minimum absolute atomic E-state index is 0.00535. The first-order valence-electron chi connectivity index (χ1n) is 9.25. The summed E-state index contributed by atoms with van der Waals surface area (Å²) in [6.45, 7) is 0.161. The first-order chi connectivity index (χ1) is 14.0. The largest absolute Gasteiger partial charge is 0.470 e. The van der Waals surface area contributed by atoms with Crippen LogP contribution < -0.4 is 16.8 Å². The third-order valence-electron chi connectivity index (χ3n) is 4.67. The Balaban J connectivity index is 1.67. The number of hydrogen-bond acceptors (Lipinski definition) is 6. The monoisotopic (exact) mass is 425 g/mol. The van der Waals surface area contributed by atoms with E-state index < -0.39 is 18.7 Å². The molecule has 1 saturated carbocycles. The number of rotatable bonds is 7. The van der Waals surface area contributed by atoms with E-state index in [9.17, 15) is 22.8 Å². The quantitative estimate of drug-likeness (QED) is 0.454. The van der Waals surface area contributed by atoms with Gasteiger partial charge < -0.3 is 26.4 Å². The van der Waals surface area contributed by atoms with Crippen molar-refractivity contribution in [2.75, 3.05) is 18.5 Å². The molecule has 1 aliphatic heterocycles. The number of nitrogens with one attached hydrogen (secondary N) is 1. The van der Waals surface area contributed by atoms with Crippen LogP contribution in [-0.2, 0) is 16.1 Å². The van der Waals surface area contributed by atoms with Gasteiger partial charge in [-0.2, -0.15) is 13.2 Å². The molecule has 3 rings (SSSR count). The van der Waals surface area contributed by atoms with E-state index >= 15 is 0 Å². The molecular weight excluding hydrogens is 403 g/mol. The number of nitrogens with zero attached hydrogens (tertiary/aromatic N) is 2. The van der Waals surface area contributed by atoms with Crippen molar-refractivity contribution in [3.8, 4) is 0 Å². The highest BCUT2D eigenvalue weighted by molar-refractivity contribution is 6.02. The molecule has 162 valence electrons. The zero-order chi connectivity index (χ0) is 22.1. The maximum Gasteiger partial charge on any atom is 0.422 e. The molecule has 1 fully saturated rings. The zero-order valence-corrected chi connectivity index (χ0v) is 16.3. The number of fused-ring (bicyclic) bond motifs is 1. The summed E-state index contributed by atoms with van der Waals surface area (Å²) in [5.74, 6) is -0.455. The average Bonchev–Trinajstić information content (AvgIpc) is 3.46. The lowest BCUT2D eigenvalue weighted by atomic mass is 10.1. The Morgan fingerprint density at radius 1 is 1.40 bits per heavy atom. The van der Waals surface area contributed by atoms with Crippen molar-refractivity contribution in [1.82, 2.24) is 9.88 Å². The van der Waals surface area contributed by atoms with Crippen LogP contribution in [0.5, 0.6) is 0 Å². The summed E-state index contributed by atoms with van der Waals surface area (Å²) in [6, 6.07) is 1.57. The lowest BCUT2D eigenvalue weighted by molar-refractivity contribution is -0.165. The molecule has 0 bridgehead atoms. The number of amides is 2. The molecule has 0 aromatic carbocycles. The van der Waals surface area contributed by atoms with Crippen molar-refractivity contribution in [2.24, 2.45) is 17.4 Å². The normalized spacial score (nSPS) is 17.5. The highest BCUT2D eigenvalue weighted by Gasteiger charge is 2.34. The second-order valence-corrected chi connectivity index (χ2v) is 7.28. The highest BCUT2D eigenvalue weighted by atomic mass is 19.4. The van der Waals surface area contributed by atoms with E-state index in [-0.39, 0.29) is 42.1 Å². The lowest BCUT2D eigenvalue weighted by Crippen LogP contribution is -2.28. The Bertz CT molecular complexity index is 922. The minimum atomic E-state index is -4.51. The van der Waals surface area contributed by atoms with Gasteiger partial charge in [0.1, 0.15) is 5.82 Å². The number of anilines is 1. The van der Waals surface area contributed by atoms with Gasteiger partial charge in [-0.1, -0.05) is 0 Å². The molecule has 11 heteroatoms. The van der Waals surface area contributed by atoms with E-state index in [1.165, 1.54) is 24.1 Å². The summed E-state index contributed by atoms with van der Waals surface area (Å²) in [7, 11) is 0. The Labute approximate surface area is 170 Å². The van der Waals surface area contributed by atoms with Gasteiger partial charge in [0.15, 0.2) is 12.5 Å². The van der Waals surface area contributed by atoms with Gasteiger partial charge in [-0.3, -0.25) is 9.59 Å². The molecule has 0 saturated heterocycles. The van der Waals surface area contributed by atoms with Crippen LogP contribution in [-0.4, -0.2) is 41.0 Å². The fraction of sp³-hybridized carbons (Fsp3) is 0.421. The average molecular weight is 425 g/mol. The Kier molecular flexibility index (Phi) is 5.90. The van der Waals surface area contributed by atoms with Crippen molar-refractivity contribution in [3.63, 3.8) is 0 Å². The van der Waals surface area contributed by atoms with Gasteiger partial charge in [0.2, 0.25) is 5.91 Å². The van der Waals surface area contributed by atoms with Gasteiger partial charge in [0, 0.05) is 34.5 Å². The number of aromatic nitrogens is 1. The summed E-state index contributed by atoms with van der Waals surface area (Å²) >= 11 is 0. The van der Waals surface area contributed by atoms with E-state index in [0.29, 0.717) is 16.9 Å². The van der Waals surface area contributed by atoms with Crippen LogP contribution >= 0.6 is 0 Å². The number of pyridine rings is 1. The van der Waals surface area contributed by atoms with Crippen LogP contribution in [0.15, 0.2) is 35.5 Å². The number of hydrogen-bond donors (Lipinski definition) is 3. The molecular formula is C19H22F3N5O3. The third-order valence-corrected chi connectivity index (χ3v) is 4.67. The predicted octanol–water partition coefficient (Wildman–Crippen LogP) is 2.00. The number of ether oxygens (including phenoxy) is 1. The molecule has 0 unspecified atom stereocenters. The smallest absolute Gasteiger partial charge is 0.422 e. The standard InChI is InChI=1S/C19H22F3N5O3/c1-10(15(24)30-9-19(20,21)22)6-12(23)7-27-8-14-13(18(27)29)4-5-25-16(14)26-17(28)11-2-3-11/h4-6,11H,2-3,7-9,23-24H2,1H3,(H,25,26,28)/b12-6-,15-10+. The molecule has 5 N–H and O–H groups in total. The van der Waals surface area contributed by atoms with E-state index in [0.717, 1.165) is 12.8 Å². The number of nitrogens with two attached hydrogens (primary N) is 2. The van der Waals surface area contributed by atoms with Gasteiger partial charge in [-0.25, -0.2) is 4.98 Å². The van der Waals surface area contributed by atoms with Crippen LogP contribution in [0.25, 0.3) is 0 Å². The Morgan fingerprint density at radius 3 is 2.73 bits per heavy atom. The maximum atomic E-state index is 12.7. The van der Waals surface area contributed by atoms with Gasteiger partial charge in [-0.15, -0.1) is 0 Å². The SMILES string of the molecule is CC(/C=C(\N)CN1Cc2c(ccnc2NC(=O)C2CC2)C1=O)=C(/N)OCC(F)(F)F. The van der Waals surface area contributed by atoms with E-state index in [1.54, 1.807) is 6.07 Å². The highest BCUT2D eigenvalue weighted by Crippen LogP contribution is 2.32. The number of carbonyl (C=O) groups is 2. The van der Waals surface area contributed by atoms with Crippen LogP contribution in [0.4, 0.5) is 19.0 Å².